The zero-order valence-electron chi connectivity index (χ0n) is 25.9. The molecule has 0 saturated carbocycles. The molecule has 2 nitrogen and oxygen atoms in total. The summed E-state index contributed by atoms with van der Waals surface area (Å²) in [5.41, 5.74) is 12.0. The van der Waals surface area contributed by atoms with Crippen molar-refractivity contribution in [2.45, 2.75) is 27.7 Å². The molecule has 0 aliphatic rings. The van der Waals surface area contributed by atoms with Gasteiger partial charge in [0.15, 0.2) is 0 Å². The van der Waals surface area contributed by atoms with Gasteiger partial charge in [-0.1, -0.05) is 59.4 Å². The monoisotopic (exact) mass is 624 g/mol. The Hall–Kier alpha value is -5.26. The van der Waals surface area contributed by atoms with Gasteiger partial charge in [0.05, 0.1) is 31.5 Å². The SMILES string of the molecule is CC#Cc1ccc2c(c1)sc1c3cc4c(cc3n(-c3ccc(C)cc3)c21)c1sc2cc(C#CC)ccc2c1n4-c1ccc(C)cc1. The quantitative estimate of drug-likeness (QED) is 0.169. The third kappa shape index (κ3) is 3.91. The number of hydrogen-bond acceptors (Lipinski definition) is 2. The largest absolute Gasteiger partial charge is 0.308 e. The van der Waals surface area contributed by atoms with E-state index in [1.54, 1.807) is 0 Å². The normalized spacial score (nSPS) is 11.6. The molecule has 5 aromatic carbocycles. The standard InChI is InChI=1S/C42H28N2S2/c1-5-7-27-13-19-31-37(21-27)45-41-33-23-36-34(24-35(33)43(39(31)41)29-15-9-25(3)10-16-29)42-40(44(36)30-17-11-26(4)12-18-30)32-20-14-28(8-6-2)22-38(32)46-42/h9-24H,1-4H3. The van der Waals surface area contributed by atoms with E-state index in [4.69, 9.17) is 0 Å². The third-order valence-corrected chi connectivity index (χ3v) is 11.3. The smallest absolute Gasteiger partial charge is 0.0727 e. The molecule has 0 aliphatic heterocycles. The fourth-order valence-electron chi connectivity index (χ4n) is 6.89. The average Bonchev–Trinajstić information content (AvgIpc) is 3.78. The highest BCUT2D eigenvalue weighted by molar-refractivity contribution is 7.27. The topological polar surface area (TPSA) is 9.86 Å². The molecule has 9 aromatic rings. The summed E-state index contributed by atoms with van der Waals surface area (Å²) >= 11 is 3.74. The van der Waals surface area contributed by atoms with Gasteiger partial charge in [0.1, 0.15) is 0 Å². The van der Waals surface area contributed by atoms with E-state index in [2.05, 4.69) is 144 Å². The first-order chi connectivity index (χ1) is 22.5. The van der Waals surface area contributed by atoms with Gasteiger partial charge in [0.2, 0.25) is 0 Å². The Labute approximate surface area is 275 Å². The fraction of sp³-hybridized carbons (Fsp3) is 0.0952. The minimum atomic E-state index is 1.06. The van der Waals surface area contributed by atoms with Crippen LogP contribution in [0.25, 0.3) is 73.8 Å². The van der Waals surface area contributed by atoms with Gasteiger partial charge >= 0.3 is 0 Å². The van der Waals surface area contributed by atoms with Crippen LogP contribution in [0.15, 0.2) is 97.1 Å². The highest BCUT2D eigenvalue weighted by Crippen LogP contribution is 2.48. The van der Waals surface area contributed by atoms with Gasteiger partial charge in [-0.25, -0.2) is 0 Å². The van der Waals surface area contributed by atoms with Gasteiger partial charge in [-0.15, -0.1) is 34.5 Å². The summed E-state index contributed by atoms with van der Waals surface area (Å²) < 4.78 is 10.1. The number of thiophene rings is 2. The second-order valence-corrected chi connectivity index (χ2v) is 14.1. The van der Waals surface area contributed by atoms with E-state index in [1.807, 2.05) is 36.5 Å². The Morgan fingerprint density at radius 1 is 0.478 bits per heavy atom. The highest BCUT2D eigenvalue weighted by Gasteiger charge is 2.23. The molecule has 0 unspecified atom stereocenters. The van der Waals surface area contributed by atoms with Gasteiger partial charge in [0, 0.05) is 53.4 Å². The van der Waals surface area contributed by atoms with Crippen LogP contribution >= 0.6 is 22.7 Å². The van der Waals surface area contributed by atoms with Crippen molar-refractivity contribution in [1.29, 1.82) is 0 Å². The van der Waals surface area contributed by atoms with Crippen molar-refractivity contribution in [3.8, 4) is 35.1 Å². The summed E-state index contributed by atoms with van der Waals surface area (Å²) in [7, 11) is 0. The van der Waals surface area contributed by atoms with Crippen LogP contribution < -0.4 is 0 Å². The summed E-state index contributed by atoms with van der Waals surface area (Å²) in [5.74, 6) is 12.6. The summed E-state index contributed by atoms with van der Waals surface area (Å²) in [6, 6.07) is 36.0. The number of fused-ring (bicyclic) bond motifs is 10. The lowest BCUT2D eigenvalue weighted by molar-refractivity contribution is 1.18. The third-order valence-electron chi connectivity index (χ3n) is 8.98. The molecular weight excluding hydrogens is 597 g/mol. The fourth-order valence-corrected chi connectivity index (χ4v) is 9.40. The van der Waals surface area contributed by atoms with Gasteiger partial charge < -0.3 is 9.13 Å². The molecule has 218 valence electrons. The number of aromatic nitrogens is 2. The first-order valence-electron chi connectivity index (χ1n) is 15.4. The first kappa shape index (κ1) is 27.1. The molecule has 0 aliphatic carbocycles. The van der Waals surface area contributed by atoms with Crippen molar-refractivity contribution in [3.63, 3.8) is 0 Å². The van der Waals surface area contributed by atoms with Crippen LogP contribution in [0.4, 0.5) is 0 Å². The minimum Gasteiger partial charge on any atom is -0.308 e. The van der Waals surface area contributed by atoms with Crippen molar-refractivity contribution in [2.24, 2.45) is 0 Å². The summed E-state index contributed by atoms with van der Waals surface area (Å²) in [4.78, 5) is 0. The molecule has 9 rings (SSSR count). The van der Waals surface area contributed by atoms with Gasteiger partial charge in [-0.2, -0.15) is 0 Å². The van der Waals surface area contributed by atoms with E-state index in [0.717, 1.165) is 11.1 Å². The predicted octanol–water partition coefficient (Wildman–Crippen LogP) is 11.7. The second-order valence-electron chi connectivity index (χ2n) is 12.0. The molecular formula is C42H28N2S2. The van der Waals surface area contributed by atoms with Gasteiger partial charge in [-0.3, -0.25) is 0 Å². The molecule has 0 radical (unpaired) electrons. The van der Waals surface area contributed by atoms with Crippen LogP contribution in [0, 0.1) is 37.5 Å². The molecule has 4 aromatic heterocycles. The average molecular weight is 625 g/mol. The van der Waals surface area contributed by atoms with Crippen molar-refractivity contribution < 1.29 is 0 Å². The van der Waals surface area contributed by atoms with Crippen LogP contribution in [-0.2, 0) is 0 Å². The lowest BCUT2D eigenvalue weighted by Crippen LogP contribution is -1.95. The van der Waals surface area contributed by atoms with Crippen LogP contribution in [0.2, 0.25) is 0 Å². The predicted molar refractivity (Wildman–Crippen MR) is 200 cm³/mol. The molecule has 0 atom stereocenters. The number of benzene rings is 5. The van der Waals surface area contributed by atoms with E-state index in [0.29, 0.717) is 0 Å². The zero-order valence-corrected chi connectivity index (χ0v) is 27.6. The molecule has 0 saturated heterocycles. The van der Waals surface area contributed by atoms with E-state index in [-0.39, 0.29) is 0 Å². The molecule has 0 amide bonds. The molecule has 46 heavy (non-hydrogen) atoms. The lowest BCUT2D eigenvalue weighted by atomic mass is 10.1. The summed E-state index contributed by atoms with van der Waals surface area (Å²) in [5, 5.41) is 5.08. The Morgan fingerprint density at radius 2 is 0.891 bits per heavy atom. The minimum absolute atomic E-state index is 1.06. The molecule has 0 N–H and O–H groups in total. The number of nitrogens with zero attached hydrogens (tertiary/aromatic N) is 2. The molecule has 4 heterocycles. The molecule has 4 heteroatoms. The van der Waals surface area contributed by atoms with Crippen molar-refractivity contribution in [2.75, 3.05) is 0 Å². The van der Waals surface area contributed by atoms with Crippen molar-refractivity contribution in [1.82, 2.24) is 9.13 Å². The van der Waals surface area contributed by atoms with E-state index < -0.39 is 0 Å². The molecule has 0 fully saturated rings. The lowest BCUT2D eigenvalue weighted by Gasteiger charge is -2.10. The van der Waals surface area contributed by atoms with E-state index in [9.17, 15) is 0 Å². The summed E-state index contributed by atoms with van der Waals surface area (Å²) in [6.45, 7) is 8.09. The second kappa shape index (κ2) is 10.1. The van der Waals surface area contributed by atoms with Crippen LogP contribution in [0.1, 0.15) is 36.1 Å². The maximum absolute atomic E-state index is 3.26. The molecule has 0 spiro atoms. The summed E-state index contributed by atoms with van der Waals surface area (Å²) in [6.07, 6.45) is 0. The maximum atomic E-state index is 3.26. The Balaban J connectivity index is 1.47. The molecule has 0 bridgehead atoms. The zero-order chi connectivity index (χ0) is 31.1. The van der Waals surface area contributed by atoms with Gasteiger partial charge in [-0.05, 0) is 88.4 Å². The highest BCUT2D eigenvalue weighted by atomic mass is 32.1. The van der Waals surface area contributed by atoms with E-state index in [1.165, 1.54) is 84.9 Å². The van der Waals surface area contributed by atoms with E-state index >= 15 is 0 Å². The Morgan fingerprint density at radius 3 is 1.28 bits per heavy atom. The maximum Gasteiger partial charge on any atom is 0.0727 e. The van der Waals surface area contributed by atoms with Crippen LogP contribution in [-0.4, -0.2) is 9.13 Å². The van der Waals surface area contributed by atoms with Crippen LogP contribution in [0.3, 0.4) is 0 Å². The number of rotatable bonds is 2. The van der Waals surface area contributed by atoms with Crippen LogP contribution in [0.5, 0.6) is 0 Å². The van der Waals surface area contributed by atoms with Crippen molar-refractivity contribution >= 4 is 85.1 Å². The number of aryl methyl sites for hydroxylation is 2. The first-order valence-corrected chi connectivity index (χ1v) is 17.1. The number of hydrogen-bond donors (Lipinski definition) is 0. The van der Waals surface area contributed by atoms with Crippen molar-refractivity contribution in [3.05, 3.63) is 119 Å². The Kier molecular flexibility index (Phi) is 5.96. The van der Waals surface area contributed by atoms with Gasteiger partial charge in [0.25, 0.3) is 0 Å². The Bertz CT molecular complexity index is 2630.